The Balaban J connectivity index is 3.96. The second-order valence-corrected chi connectivity index (χ2v) is 3.99. The summed E-state index contributed by atoms with van der Waals surface area (Å²) in [6, 6.07) is 0. The van der Waals surface area contributed by atoms with Gasteiger partial charge in [-0.3, -0.25) is 4.79 Å². The summed E-state index contributed by atoms with van der Waals surface area (Å²) in [7, 11) is 0. The van der Waals surface area contributed by atoms with E-state index in [4.69, 9.17) is 4.74 Å². The molecule has 0 aliphatic carbocycles. The molecule has 0 fully saturated rings. The van der Waals surface area contributed by atoms with Crippen LogP contribution in [-0.2, 0) is 9.53 Å². The van der Waals surface area contributed by atoms with Gasteiger partial charge in [0, 0.05) is 18.9 Å². The zero-order chi connectivity index (χ0) is 9.78. The van der Waals surface area contributed by atoms with Crippen molar-refractivity contribution in [2.24, 2.45) is 5.92 Å². The minimum absolute atomic E-state index is 0.115. The Morgan fingerprint density at radius 3 is 2.25 bits per heavy atom. The van der Waals surface area contributed by atoms with Crippen LogP contribution in [0.2, 0.25) is 0 Å². The van der Waals surface area contributed by atoms with Crippen molar-refractivity contribution < 1.29 is 9.53 Å². The zero-order valence-electron chi connectivity index (χ0n) is 8.81. The van der Waals surface area contributed by atoms with E-state index in [0.29, 0.717) is 13.0 Å². The number of Topliss-reactive ketones (excluding diaryl/α,β-unsaturated/α-hetero) is 1. The van der Waals surface area contributed by atoms with Gasteiger partial charge in [-0.15, -0.1) is 0 Å². The lowest BCUT2D eigenvalue weighted by Crippen LogP contribution is -2.29. The van der Waals surface area contributed by atoms with Crippen LogP contribution in [0, 0.1) is 5.92 Å². The number of carbonyl (C=O) groups excluding carboxylic acids is 1. The summed E-state index contributed by atoms with van der Waals surface area (Å²) in [6.45, 7) is 10.4. The maximum absolute atomic E-state index is 11.4. The first-order valence-corrected chi connectivity index (χ1v) is 4.55. The van der Waals surface area contributed by atoms with Gasteiger partial charge in [0.05, 0.1) is 5.60 Å². The van der Waals surface area contributed by atoms with Crippen LogP contribution in [0.5, 0.6) is 0 Å². The number of hydrogen-bond donors (Lipinski definition) is 0. The molecule has 0 atom stereocenters. The summed E-state index contributed by atoms with van der Waals surface area (Å²) in [5, 5.41) is 0. The maximum Gasteiger partial charge on any atom is 0.138 e. The highest BCUT2D eigenvalue weighted by Gasteiger charge is 2.23. The van der Waals surface area contributed by atoms with Crippen LogP contribution in [0.25, 0.3) is 0 Å². The van der Waals surface area contributed by atoms with E-state index in [1.165, 1.54) is 0 Å². The standard InChI is InChI=1S/C10H20O2/c1-6-12-10(4,5)7-9(11)8(2)3/h8H,6-7H2,1-5H3. The van der Waals surface area contributed by atoms with E-state index in [1.54, 1.807) is 0 Å². The van der Waals surface area contributed by atoms with Gasteiger partial charge in [-0.1, -0.05) is 13.8 Å². The van der Waals surface area contributed by atoms with Gasteiger partial charge in [-0.2, -0.15) is 0 Å². The van der Waals surface area contributed by atoms with E-state index in [-0.39, 0.29) is 17.3 Å². The Hall–Kier alpha value is -0.370. The van der Waals surface area contributed by atoms with E-state index in [9.17, 15) is 4.79 Å². The van der Waals surface area contributed by atoms with E-state index in [1.807, 2.05) is 34.6 Å². The minimum Gasteiger partial charge on any atom is -0.375 e. The molecule has 0 N–H and O–H groups in total. The summed E-state index contributed by atoms with van der Waals surface area (Å²) in [5.41, 5.74) is -0.296. The molecule has 0 unspecified atom stereocenters. The van der Waals surface area contributed by atoms with Crippen LogP contribution in [0.15, 0.2) is 0 Å². The molecule has 0 aromatic carbocycles. The molecular weight excluding hydrogens is 152 g/mol. The topological polar surface area (TPSA) is 26.3 Å². The normalized spacial score (nSPS) is 12.2. The number of rotatable bonds is 5. The third-order valence-corrected chi connectivity index (χ3v) is 1.78. The largest absolute Gasteiger partial charge is 0.375 e. The van der Waals surface area contributed by atoms with Crippen molar-refractivity contribution in [3.63, 3.8) is 0 Å². The minimum atomic E-state index is -0.296. The number of carbonyl (C=O) groups is 1. The van der Waals surface area contributed by atoms with Gasteiger partial charge in [0.1, 0.15) is 5.78 Å². The quantitative estimate of drug-likeness (QED) is 0.636. The maximum atomic E-state index is 11.4. The smallest absolute Gasteiger partial charge is 0.138 e. The molecule has 0 bridgehead atoms. The highest BCUT2D eigenvalue weighted by atomic mass is 16.5. The van der Waals surface area contributed by atoms with Gasteiger partial charge in [0.25, 0.3) is 0 Å². The average molecular weight is 172 g/mol. The van der Waals surface area contributed by atoms with Gasteiger partial charge in [0.15, 0.2) is 0 Å². The second-order valence-electron chi connectivity index (χ2n) is 3.99. The number of ketones is 1. The first-order chi connectivity index (χ1) is 5.39. The lowest BCUT2D eigenvalue weighted by Gasteiger charge is -2.24. The van der Waals surface area contributed by atoms with Crippen LogP contribution < -0.4 is 0 Å². The summed E-state index contributed by atoms with van der Waals surface area (Å²) < 4.78 is 5.43. The van der Waals surface area contributed by atoms with Gasteiger partial charge >= 0.3 is 0 Å². The van der Waals surface area contributed by atoms with Gasteiger partial charge in [-0.25, -0.2) is 0 Å². The molecule has 0 radical (unpaired) electrons. The molecule has 0 aromatic heterocycles. The molecule has 0 aliphatic rings. The van der Waals surface area contributed by atoms with Crippen molar-refractivity contribution in [3.8, 4) is 0 Å². The summed E-state index contributed by atoms with van der Waals surface area (Å²) in [4.78, 5) is 11.4. The first-order valence-electron chi connectivity index (χ1n) is 4.55. The Labute approximate surface area is 75.3 Å². The van der Waals surface area contributed by atoms with E-state index in [2.05, 4.69) is 0 Å². The van der Waals surface area contributed by atoms with Crippen molar-refractivity contribution >= 4 is 5.78 Å². The molecule has 2 nitrogen and oxygen atoms in total. The van der Waals surface area contributed by atoms with E-state index < -0.39 is 0 Å². The fraction of sp³-hybridized carbons (Fsp3) is 0.900. The molecular formula is C10H20O2. The highest BCUT2D eigenvalue weighted by Crippen LogP contribution is 2.17. The van der Waals surface area contributed by atoms with Crippen LogP contribution in [0.4, 0.5) is 0 Å². The zero-order valence-corrected chi connectivity index (χ0v) is 8.81. The molecule has 0 aliphatic heterocycles. The molecule has 72 valence electrons. The van der Waals surface area contributed by atoms with Gasteiger partial charge in [0.2, 0.25) is 0 Å². The number of hydrogen-bond acceptors (Lipinski definition) is 2. The molecule has 0 saturated carbocycles. The fourth-order valence-electron chi connectivity index (χ4n) is 1.07. The van der Waals surface area contributed by atoms with Crippen molar-refractivity contribution in [2.75, 3.05) is 6.61 Å². The van der Waals surface area contributed by atoms with E-state index in [0.717, 1.165) is 0 Å². The molecule has 12 heavy (non-hydrogen) atoms. The van der Waals surface area contributed by atoms with Crippen LogP contribution in [0.1, 0.15) is 41.0 Å². The first kappa shape index (κ1) is 11.6. The fourth-order valence-corrected chi connectivity index (χ4v) is 1.07. The molecule has 0 spiro atoms. The monoisotopic (exact) mass is 172 g/mol. The third kappa shape index (κ3) is 4.50. The Morgan fingerprint density at radius 2 is 1.92 bits per heavy atom. The van der Waals surface area contributed by atoms with Crippen molar-refractivity contribution in [1.82, 2.24) is 0 Å². The van der Waals surface area contributed by atoms with Gasteiger partial charge in [-0.05, 0) is 20.8 Å². The molecule has 0 rings (SSSR count). The summed E-state index contributed by atoms with van der Waals surface area (Å²) in [5.74, 6) is 0.387. The number of ether oxygens (including phenoxy) is 1. The Morgan fingerprint density at radius 1 is 1.42 bits per heavy atom. The second kappa shape index (κ2) is 4.61. The molecule has 0 amide bonds. The lowest BCUT2D eigenvalue weighted by molar-refractivity contribution is -0.128. The summed E-state index contributed by atoms with van der Waals surface area (Å²) in [6.07, 6.45) is 0.512. The van der Waals surface area contributed by atoms with Crippen LogP contribution in [-0.4, -0.2) is 18.0 Å². The van der Waals surface area contributed by atoms with Crippen molar-refractivity contribution in [3.05, 3.63) is 0 Å². The molecule has 0 saturated heterocycles. The van der Waals surface area contributed by atoms with Crippen LogP contribution in [0.3, 0.4) is 0 Å². The van der Waals surface area contributed by atoms with Crippen molar-refractivity contribution in [1.29, 1.82) is 0 Å². The molecule has 2 heteroatoms. The Kier molecular flexibility index (Phi) is 4.46. The molecule has 0 aromatic rings. The summed E-state index contributed by atoms with van der Waals surface area (Å²) >= 11 is 0. The van der Waals surface area contributed by atoms with Crippen LogP contribution >= 0.6 is 0 Å². The highest BCUT2D eigenvalue weighted by molar-refractivity contribution is 5.81. The third-order valence-electron chi connectivity index (χ3n) is 1.78. The Bertz CT molecular complexity index is 148. The van der Waals surface area contributed by atoms with Gasteiger partial charge < -0.3 is 4.74 Å². The predicted molar refractivity (Wildman–Crippen MR) is 50.2 cm³/mol. The average Bonchev–Trinajstić information content (AvgIpc) is 1.85. The van der Waals surface area contributed by atoms with E-state index >= 15 is 0 Å². The molecule has 0 heterocycles. The van der Waals surface area contributed by atoms with Crippen molar-refractivity contribution in [2.45, 2.75) is 46.6 Å². The SMILES string of the molecule is CCOC(C)(C)CC(=O)C(C)C. The lowest BCUT2D eigenvalue weighted by atomic mass is 9.95. The predicted octanol–water partition coefficient (Wildman–Crippen LogP) is 2.42.